The van der Waals surface area contributed by atoms with E-state index in [1.807, 2.05) is 18.2 Å². The van der Waals surface area contributed by atoms with E-state index in [0.717, 1.165) is 5.56 Å². The summed E-state index contributed by atoms with van der Waals surface area (Å²) in [5.41, 5.74) is 0.704. The zero-order valence-corrected chi connectivity index (χ0v) is 12.3. The summed E-state index contributed by atoms with van der Waals surface area (Å²) in [6.07, 6.45) is 1.29. The SMILES string of the molecule is CNc1ncnc(N(C)Cc2ccccc2Cl)c1[N+](=O)[O-]. The van der Waals surface area contributed by atoms with Gasteiger partial charge in [-0.1, -0.05) is 29.8 Å². The fraction of sp³-hybridized carbons (Fsp3) is 0.231. The maximum absolute atomic E-state index is 11.3. The molecule has 0 atom stereocenters. The van der Waals surface area contributed by atoms with E-state index in [1.54, 1.807) is 25.1 Å². The first-order valence-corrected chi connectivity index (χ1v) is 6.54. The van der Waals surface area contributed by atoms with Crippen LogP contribution in [0.2, 0.25) is 5.02 Å². The molecule has 8 heteroatoms. The van der Waals surface area contributed by atoms with Crippen molar-refractivity contribution in [1.29, 1.82) is 0 Å². The molecule has 21 heavy (non-hydrogen) atoms. The first kappa shape index (κ1) is 15.0. The number of aromatic nitrogens is 2. The van der Waals surface area contributed by atoms with Crippen molar-refractivity contribution in [1.82, 2.24) is 9.97 Å². The van der Waals surface area contributed by atoms with Crippen LogP contribution in [0, 0.1) is 10.1 Å². The van der Waals surface area contributed by atoms with E-state index in [0.29, 0.717) is 11.6 Å². The van der Waals surface area contributed by atoms with Crippen LogP contribution in [0.15, 0.2) is 30.6 Å². The highest BCUT2D eigenvalue weighted by Crippen LogP contribution is 2.31. The highest BCUT2D eigenvalue weighted by molar-refractivity contribution is 6.31. The van der Waals surface area contributed by atoms with E-state index in [2.05, 4.69) is 15.3 Å². The Morgan fingerprint density at radius 3 is 2.71 bits per heavy atom. The Bertz CT molecular complexity index is 665. The molecular weight excluding hydrogens is 294 g/mol. The summed E-state index contributed by atoms with van der Waals surface area (Å²) in [7, 11) is 3.30. The van der Waals surface area contributed by atoms with Crippen molar-refractivity contribution in [3.63, 3.8) is 0 Å². The summed E-state index contributed by atoms with van der Waals surface area (Å²) in [6, 6.07) is 7.34. The number of rotatable bonds is 5. The van der Waals surface area contributed by atoms with Gasteiger partial charge in [0, 0.05) is 25.7 Å². The van der Waals surface area contributed by atoms with Crippen LogP contribution in [0.4, 0.5) is 17.3 Å². The average molecular weight is 308 g/mol. The molecule has 0 aliphatic carbocycles. The molecule has 1 aromatic heterocycles. The maximum atomic E-state index is 11.3. The Labute approximate surface area is 126 Å². The lowest BCUT2D eigenvalue weighted by atomic mass is 10.2. The number of hydrogen-bond donors (Lipinski definition) is 1. The van der Waals surface area contributed by atoms with Gasteiger partial charge < -0.3 is 10.2 Å². The smallest absolute Gasteiger partial charge is 0.353 e. The topological polar surface area (TPSA) is 84.2 Å². The highest BCUT2D eigenvalue weighted by Gasteiger charge is 2.25. The molecule has 2 rings (SSSR count). The number of hydrogen-bond acceptors (Lipinski definition) is 6. The van der Waals surface area contributed by atoms with Crippen molar-refractivity contribution in [3.05, 3.63) is 51.3 Å². The quantitative estimate of drug-likeness (QED) is 0.675. The predicted molar refractivity (Wildman–Crippen MR) is 81.8 cm³/mol. The van der Waals surface area contributed by atoms with Gasteiger partial charge in [0.05, 0.1) is 4.92 Å². The standard InChI is InChI=1S/C13H14ClN5O2/c1-15-12-11(19(20)21)13(17-8-16-12)18(2)7-9-5-3-4-6-10(9)14/h3-6,8H,7H2,1-2H3,(H,15,16,17). The van der Waals surface area contributed by atoms with Crippen molar-refractivity contribution >= 4 is 28.9 Å². The van der Waals surface area contributed by atoms with Crippen LogP contribution in [-0.2, 0) is 6.54 Å². The molecule has 0 aliphatic rings. The third kappa shape index (κ3) is 3.19. The third-order valence-electron chi connectivity index (χ3n) is 2.95. The van der Waals surface area contributed by atoms with Crippen molar-refractivity contribution in [2.75, 3.05) is 24.3 Å². The molecule has 0 amide bonds. The summed E-state index contributed by atoms with van der Waals surface area (Å²) in [4.78, 5) is 20.3. The van der Waals surface area contributed by atoms with Gasteiger partial charge in [-0.3, -0.25) is 10.1 Å². The van der Waals surface area contributed by atoms with Crippen LogP contribution in [-0.4, -0.2) is 29.0 Å². The highest BCUT2D eigenvalue weighted by atomic mass is 35.5. The fourth-order valence-corrected chi connectivity index (χ4v) is 2.15. The summed E-state index contributed by atoms with van der Waals surface area (Å²) in [5.74, 6) is 0.412. The lowest BCUT2D eigenvalue weighted by Crippen LogP contribution is -2.20. The summed E-state index contributed by atoms with van der Waals surface area (Å²) >= 11 is 6.11. The number of benzene rings is 1. The first-order chi connectivity index (χ1) is 10.0. The molecule has 0 radical (unpaired) electrons. The Kier molecular flexibility index (Phi) is 4.54. The molecule has 0 bridgehead atoms. The zero-order chi connectivity index (χ0) is 15.4. The Hall–Kier alpha value is -2.41. The van der Waals surface area contributed by atoms with Gasteiger partial charge in [-0.15, -0.1) is 0 Å². The summed E-state index contributed by atoms with van der Waals surface area (Å²) in [5, 5.41) is 14.6. The molecule has 0 spiro atoms. The summed E-state index contributed by atoms with van der Waals surface area (Å²) in [6.45, 7) is 0.403. The van der Waals surface area contributed by atoms with Gasteiger partial charge in [-0.2, -0.15) is 0 Å². The number of anilines is 2. The van der Waals surface area contributed by atoms with Gasteiger partial charge in [-0.05, 0) is 11.6 Å². The maximum Gasteiger partial charge on any atom is 0.353 e. The average Bonchev–Trinajstić information content (AvgIpc) is 2.48. The lowest BCUT2D eigenvalue weighted by molar-refractivity contribution is -0.383. The third-order valence-corrected chi connectivity index (χ3v) is 3.32. The first-order valence-electron chi connectivity index (χ1n) is 6.16. The lowest BCUT2D eigenvalue weighted by Gasteiger charge is -2.19. The zero-order valence-electron chi connectivity index (χ0n) is 11.6. The monoisotopic (exact) mass is 307 g/mol. The second kappa shape index (κ2) is 6.36. The number of nitrogens with zero attached hydrogens (tertiary/aromatic N) is 4. The Balaban J connectivity index is 2.37. The van der Waals surface area contributed by atoms with Crippen LogP contribution >= 0.6 is 11.6 Å². The molecular formula is C13H14ClN5O2. The molecule has 0 saturated heterocycles. The van der Waals surface area contributed by atoms with Gasteiger partial charge in [-0.25, -0.2) is 9.97 Å². The van der Waals surface area contributed by atoms with Crippen LogP contribution in [0.5, 0.6) is 0 Å². The number of nitro groups is 1. The second-order valence-corrected chi connectivity index (χ2v) is 4.76. The van der Waals surface area contributed by atoms with E-state index in [-0.39, 0.29) is 17.3 Å². The van der Waals surface area contributed by atoms with Crippen LogP contribution in [0.1, 0.15) is 5.56 Å². The Morgan fingerprint density at radius 1 is 1.38 bits per heavy atom. The normalized spacial score (nSPS) is 10.2. The van der Waals surface area contributed by atoms with Gasteiger partial charge in [0.25, 0.3) is 0 Å². The minimum atomic E-state index is -0.496. The van der Waals surface area contributed by atoms with Crippen molar-refractivity contribution in [3.8, 4) is 0 Å². The summed E-state index contributed by atoms with van der Waals surface area (Å²) < 4.78 is 0. The molecule has 2 aromatic rings. The fourth-order valence-electron chi connectivity index (χ4n) is 1.96. The van der Waals surface area contributed by atoms with Crippen molar-refractivity contribution in [2.45, 2.75) is 6.54 Å². The van der Waals surface area contributed by atoms with E-state index in [9.17, 15) is 10.1 Å². The number of nitrogens with one attached hydrogen (secondary N) is 1. The molecule has 0 fully saturated rings. The van der Waals surface area contributed by atoms with E-state index in [1.165, 1.54) is 6.33 Å². The molecule has 1 heterocycles. The van der Waals surface area contributed by atoms with E-state index < -0.39 is 4.92 Å². The minimum Gasteiger partial charge on any atom is -0.367 e. The molecule has 0 aliphatic heterocycles. The minimum absolute atomic E-state index is 0.158. The van der Waals surface area contributed by atoms with Crippen LogP contribution in [0.25, 0.3) is 0 Å². The molecule has 1 aromatic carbocycles. The van der Waals surface area contributed by atoms with Crippen LogP contribution < -0.4 is 10.2 Å². The largest absolute Gasteiger partial charge is 0.367 e. The molecule has 110 valence electrons. The van der Waals surface area contributed by atoms with E-state index in [4.69, 9.17) is 11.6 Å². The molecule has 0 saturated carbocycles. The van der Waals surface area contributed by atoms with Gasteiger partial charge in [0.15, 0.2) is 0 Å². The molecule has 0 unspecified atom stereocenters. The second-order valence-electron chi connectivity index (χ2n) is 4.35. The van der Waals surface area contributed by atoms with Crippen molar-refractivity contribution in [2.24, 2.45) is 0 Å². The van der Waals surface area contributed by atoms with Crippen molar-refractivity contribution < 1.29 is 4.92 Å². The van der Waals surface area contributed by atoms with Gasteiger partial charge in [0.1, 0.15) is 6.33 Å². The molecule has 7 nitrogen and oxygen atoms in total. The Morgan fingerprint density at radius 2 is 2.10 bits per heavy atom. The molecule has 1 N–H and O–H groups in total. The number of halogens is 1. The van der Waals surface area contributed by atoms with E-state index >= 15 is 0 Å². The van der Waals surface area contributed by atoms with Gasteiger partial charge >= 0.3 is 5.69 Å². The van der Waals surface area contributed by atoms with Crippen LogP contribution in [0.3, 0.4) is 0 Å². The predicted octanol–water partition coefficient (Wildman–Crippen LogP) is 2.72. The van der Waals surface area contributed by atoms with Gasteiger partial charge in [0.2, 0.25) is 11.6 Å².